The Kier molecular flexibility index (Phi) is 3.60. The predicted molar refractivity (Wildman–Crippen MR) is 93.1 cm³/mol. The molecule has 0 saturated heterocycles. The lowest BCUT2D eigenvalue weighted by atomic mass is 10.2. The van der Waals surface area contributed by atoms with Crippen molar-refractivity contribution in [2.45, 2.75) is 26.9 Å². The number of rotatable bonds is 4. The molecule has 0 bridgehead atoms. The van der Waals surface area contributed by atoms with E-state index in [-0.39, 0.29) is 12.4 Å². The van der Waals surface area contributed by atoms with Gasteiger partial charge >= 0.3 is 0 Å². The van der Waals surface area contributed by atoms with Crippen LogP contribution in [-0.4, -0.2) is 26.1 Å². The number of nitrogens with zero attached hydrogens (tertiary/aromatic N) is 4. The number of anilines is 1. The van der Waals surface area contributed by atoms with E-state index in [2.05, 4.69) is 15.4 Å². The molecule has 0 unspecified atom stereocenters. The zero-order chi connectivity index (χ0) is 17.6. The minimum atomic E-state index is -0.0937. The summed E-state index contributed by atoms with van der Waals surface area (Å²) in [5, 5.41) is 7.57. The molecule has 0 fully saturated rings. The van der Waals surface area contributed by atoms with Crippen molar-refractivity contribution in [3.8, 4) is 11.5 Å². The Hall–Kier alpha value is -3.03. The molecule has 0 spiro atoms. The molecule has 3 heterocycles. The number of aromatic nitrogens is 4. The summed E-state index contributed by atoms with van der Waals surface area (Å²) in [4.78, 5) is 17.4. The molecule has 1 aliphatic rings. The van der Waals surface area contributed by atoms with Crippen molar-refractivity contribution < 1.29 is 9.47 Å². The van der Waals surface area contributed by atoms with E-state index in [4.69, 9.17) is 9.47 Å². The summed E-state index contributed by atoms with van der Waals surface area (Å²) in [6.07, 6.45) is 0. The Balaban J connectivity index is 1.69. The first kappa shape index (κ1) is 15.5. The SMILES string of the molecule is CCn1c(NCc2ccc3c(c2)OCO3)nc2c(C)nn(C)c2c1=O. The third-order valence-corrected chi connectivity index (χ3v) is 4.32. The van der Waals surface area contributed by atoms with E-state index >= 15 is 0 Å². The molecule has 0 atom stereocenters. The summed E-state index contributed by atoms with van der Waals surface area (Å²) in [5.41, 5.74) is 2.82. The van der Waals surface area contributed by atoms with Gasteiger partial charge in [-0.05, 0) is 31.5 Å². The normalized spacial score (nSPS) is 12.8. The number of fused-ring (bicyclic) bond motifs is 2. The highest BCUT2D eigenvalue weighted by molar-refractivity contribution is 5.77. The lowest BCUT2D eigenvalue weighted by Crippen LogP contribution is -2.25. The van der Waals surface area contributed by atoms with E-state index in [1.54, 1.807) is 16.3 Å². The first-order valence-electron chi connectivity index (χ1n) is 8.15. The molecule has 1 aromatic carbocycles. The van der Waals surface area contributed by atoms with Crippen molar-refractivity contribution in [3.05, 3.63) is 39.8 Å². The Bertz CT molecular complexity index is 1020. The van der Waals surface area contributed by atoms with Crippen LogP contribution in [0.1, 0.15) is 18.2 Å². The highest BCUT2D eigenvalue weighted by Gasteiger charge is 2.17. The Labute approximate surface area is 144 Å². The molecule has 1 aliphatic heterocycles. The first-order valence-corrected chi connectivity index (χ1v) is 8.15. The highest BCUT2D eigenvalue weighted by Crippen LogP contribution is 2.32. The minimum Gasteiger partial charge on any atom is -0.454 e. The van der Waals surface area contributed by atoms with Crippen molar-refractivity contribution in [1.82, 2.24) is 19.3 Å². The number of aryl methyl sites for hydroxylation is 2. The van der Waals surface area contributed by atoms with Crippen molar-refractivity contribution in [2.24, 2.45) is 7.05 Å². The van der Waals surface area contributed by atoms with Gasteiger partial charge in [-0.15, -0.1) is 0 Å². The summed E-state index contributed by atoms with van der Waals surface area (Å²) >= 11 is 0. The summed E-state index contributed by atoms with van der Waals surface area (Å²) in [6.45, 7) is 5.07. The molecule has 8 nitrogen and oxygen atoms in total. The predicted octanol–water partition coefficient (Wildman–Crippen LogP) is 1.80. The standard InChI is InChI=1S/C17H19N5O3/c1-4-22-16(23)15-14(10(2)20-21(15)3)19-17(22)18-8-11-5-6-12-13(7-11)25-9-24-12/h5-7H,4,8-9H2,1-3H3,(H,18,19). The maximum Gasteiger partial charge on any atom is 0.281 e. The van der Waals surface area contributed by atoms with Gasteiger partial charge in [0.05, 0.1) is 5.69 Å². The van der Waals surface area contributed by atoms with Crippen LogP contribution in [-0.2, 0) is 20.1 Å². The van der Waals surface area contributed by atoms with Crippen LogP contribution < -0.4 is 20.3 Å². The monoisotopic (exact) mass is 341 g/mol. The number of benzene rings is 1. The Morgan fingerprint density at radius 2 is 2.08 bits per heavy atom. The average Bonchev–Trinajstić information content (AvgIpc) is 3.17. The van der Waals surface area contributed by atoms with Crippen LogP contribution in [0.15, 0.2) is 23.0 Å². The van der Waals surface area contributed by atoms with Gasteiger partial charge in [0.1, 0.15) is 5.52 Å². The molecular formula is C17H19N5O3. The van der Waals surface area contributed by atoms with Crippen LogP contribution in [0.4, 0.5) is 5.95 Å². The van der Waals surface area contributed by atoms with Crippen molar-refractivity contribution in [2.75, 3.05) is 12.1 Å². The summed E-state index contributed by atoms with van der Waals surface area (Å²) in [6, 6.07) is 5.77. The minimum absolute atomic E-state index is 0.0937. The van der Waals surface area contributed by atoms with Gasteiger partial charge in [0.15, 0.2) is 17.0 Å². The zero-order valence-electron chi connectivity index (χ0n) is 14.4. The van der Waals surface area contributed by atoms with Gasteiger partial charge in [0, 0.05) is 20.1 Å². The number of ether oxygens (including phenoxy) is 2. The molecule has 130 valence electrons. The molecule has 0 aliphatic carbocycles. The summed E-state index contributed by atoms with van der Waals surface area (Å²) in [7, 11) is 1.76. The Morgan fingerprint density at radius 3 is 2.88 bits per heavy atom. The van der Waals surface area contributed by atoms with Crippen LogP contribution in [0, 0.1) is 6.92 Å². The van der Waals surface area contributed by atoms with Gasteiger partial charge in [-0.2, -0.15) is 5.10 Å². The molecule has 25 heavy (non-hydrogen) atoms. The lowest BCUT2D eigenvalue weighted by molar-refractivity contribution is 0.174. The molecule has 1 N–H and O–H groups in total. The van der Waals surface area contributed by atoms with Gasteiger partial charge in [-0.25, -0.2) is 4.98 Å². The maximum absolute atomic E-state index is 12.8. The fraction of sp³-hybridized carbons (Fsp3) is 0.353. The van der Waals surface area contributed by atoms with Crippen LogP contribution in [0.3, 0.4) is 0 Å². The Morgan fingerprint density at radius 1 is 1.28 bits per heavy atom. The molecular weight excluding hydrogens is 322 g/mol. The maximum atomic E-state index is 12.8. The quantitative estimate of drug-likeness (QED) is 0.779. The second-order valence-electron chi connectivity index (χ2n) is 5.93. The van der Waals surface area contributed by atoms with Crippen molar-refractivity contribution in [3.63, 3.8) is 0 Å². The zero-order valence-corrected chi connectivity index (χ0v) is 14.4. The lowest BCUT2D eigenvalue weighted by Gasteiger charge is -2.13. The average molecular weight is 341 g/mol. The van der Waals surface area contributed by atoms with E-state index in [0.717, 1.165) is 22.8 Å². The van der Waals surface area contributed by atoms with E-state index in [1.807, 2.05) is 32.0 Å². The van der Waals surface area contributed by atoms with Gasteiger partial charge in [-0.3, -0.25) is 14.0 Å². The fourth-order valence-corrected chi connectivity index (χ4v) is 3.07. The van der Waals surface area contributed by atoms with E-state index in [9.17, 15) is 4.79 Å². The largest absolute Gasteiger partial charge is 0.454 e. The van der Waals surface area contributed by atoms with E-state index < -0.39 is 0 Å². The number of hydrogen-bond acceptors (Lipinski definition) is 6. The van der Waals surface area contributed by atoms with Gasteiger partial charge in [0.25, 0.3) is 5.56 Å². The van der Waals surface area contributed by atoms with E-state index in [0.29, 0.717) is 30.1 Å². The van der Waals surface area contributed by atoms with Crippen LogP contribution in [0.5, 0.6) is 11.5 Å². The third kappa shape index (κ3) is 2.50. The first-order chi connectivity index (χ1) is 12.1. The number of hydrogen-bond donors (Lipinski definition) is 1. The van der Waals surface area contributed by atoms with Crippen molar-refractivity contribution in [1.29, 1.82) is 0 Å². The second kappa shape index (κ2) is 5.80. The smallest absolute Gasteiger partial charge is 0.281 e. The fourth-order valence-electron chi connectivity index (χ4n) is 3.07. The topological polar surface area (TPSA) is 83.2 Å². The highest BCUT2D eigenvalue weighted by atomic mass is 16.7. The number of nitrogens with one attached hydrogen (secondary N) is 1. The molecule has 2 aromatic heterocycles. The third-order valence-electron chi connectivity index (χ3n) is 4.32. The van der Waals surface area contributed by atoms with Crippen molar-refractivity contribution >= 4 is 17.0 Å². The molecule has 4 rings (SSSR count). The van der Waals surface area contributed by atoms with Crippen LogP contribution in [0.25, 0.3) is 11.0 Å². The molecule has 0 saturated carbocycles. The van der Waals surface area contributed by atoms with Gasteiger partial charge in [-0.1, -0.05) is 6.07 Å². The van der Waals surface area contributed by atoms with E-state index in [1.165, 1.54) is 0 Å². The molecule has 3 aromatic rings. The second-order valence-corrected chi connectivity index (χ2v) is 5.93. The van der Waals surface area contributed by atoms with Gasteiger partial charge in [0.2, 0.25) is 12.7 Å². The summed E-state index contributed by atoms with van der Waals surface area (Å²) < 4.78 is 13.9. The van der Waals surface area contributed by atoms with Gasteiger partial charge < -0.3 is 14.8 Å². The molecule has 0 radical (unpaired) electrons. The summed E-state index contributed by atoms with van der Waals surface area (Å²) in [5.74, 6) is 2.02. The molecule has 0 amide bonds. The van der Waals surface area contributed by atoms with Crippen LogP contribution >= 0.6 is 0 Å². The van der Waals surface area contributed by atoms with Crippen LogP contribution in [0.2, 0.25) is 0 Å². The molecule has 8 heteroatoms.